The molecule has 0 spiro atoms. The van der Waals surface area contributed by atoms with Gasteiger partial charge in [-0.1, -0.05) is 13.3 Å². The number of ether oxygens (including phenoxy) is 1. The van der Waals surface area contributed by atoms with Crippen LogP contribution in [0.15, 0.2) is 23.0 Å². The molecule has 0 bridgehead atoms. The fourth-order valence-corrected chi connectivity index (χ4v) is 3.18. The van der Waals surface area contributed by atoms with Gasteiger partial charge in [-0.15, -0.1) is 0 Å². The Hall–Kier alpha value is -2.70. The van der Waals surface area contributed by atoms with E-state index in [0.29, 0.717) is 17.4 Å². The van der Waals surface area contributed by atoms with Crippen LogP contribution in [0.1, 0.15) is 55.7 Å². The fourth-order valence-electron chi connectivity index (χ4n) is 3.18. The maximum Gasteiger partial charge on any atom is 0.338 e. The molecule has 0 aliphatic carbocycles. The molecule has 1 aromatic heterocycles. The topological polar surface area (TPSA) is 90.3 Å². The van der Waals surface area contributed by atoms with Crippen molar-refractivity contribution < 1.29 is 14.3 Å². The van der Waals surface area contributed by atoms with Crippen LogP contribution in [0.2, 0.25) is 0 Å². The highest BCUT2D eigenvalue weighted by Crippen LogP contribution is 2.16. The number of carbonyl (C=O) groups is 2. The van der Waals surface area contributed by atoms with Gasteiger partial charge in [0.2, 0.25) is 0 Å². The lowest BCUT2D eigenvalue weighted by molar-refractivity contribution is -0.124. The molecule has 7 heteroatoms. The van der Waals surface area contributed by atoms with Crippen molar-refractivity contribution in [3.8, 4) is 0 Å². The molecule has 1 N–H and O–H groups in total. The van der Waals surface area contributed by atoms with Crippen molar-refractivity contribution in [2.45, 2.75) is 58.5 Å². The highest BCUT2D eigenvalue weighted by Gasteiger charge is 2.16. The van der Waals surface area contributed by atoms with Gasteiger partial charge in [-0.05, 0) is 44.4 Å². The van der Waals surface area contributed by atoms with Crippen LogP contribution in [-0.2, 0) is 22.5 Å². The van der Waals surface area contributed by atoms with Crippen LogP contribution in [0.5, 0.6) is 0 Å². The number of benzene rings is 1. The molecule has 0 saturated heterocycles. The average molecular weight is 371 g/mol. The number of aromatic nitrogens is 2. The molecule has 1 atom stereocenters. The van der Waals surface area contributed by atoms with Crippen molar-refractivity contribution >= 4 is 22.8 Å². The lowest BCUT2D eigenvalue weighted by Gasteiger charge is -2.12. The molecule has 1 amide bonds. The molecule has 1 aromatic carbocycles. The number of esters is 1. The molecule has 2 heterocycles. The van der Waals surface area contributed by atoms with E-state index in [1.54, 1.807) is 22.8 Å². The van der Waals surface area contributed by atoms with E-state index in [9.17, 15) is 14.4 Å². The van der Waals surface area contributed by atoms with Crippen molar-refractivity contribution in [1.29, 1.82) is 0 Å². The maximum atomic E-state index is 12.7. The quantitative estimate of drug-likeness (QED) is 0.814. The number of carbonyl (C=O) groups excluding carboxylic acids is 2. The summed E-state index contributed by atoms with van der Waals surface area (Å²) in [6, 6.07) is 4.75. The summed E-state index contributed by atoms with van der Waals surface area (Å²) in [4.78, 5) is 41.3. The third kappa shape index (κ3) is 4.35. The molecule has 3 rings (SSSR count). The summed E-state index contributed by atoms with van der Waals surface area (Å²) >= 11 is 0. The van der Waals surface area contributed by atoms with Gasteiger partial charge in [0.05, 0.1) is 16.5 Å². The molecule has 0 radical (unpaired) electrons. The normalized spacial score (nSPS) is 14.9. The second-order valence-electron chi connectivity index (χ2n) is 6.98. The zero-order chi connectivity index (χ0) is 19.4. The summed E-state index contributed by atoms with van der Waals surface area (Å²) in [5.41, 5.74) is 0.709. The predicted octanol–water partition coefficient (Wildman–Crippen LogP) is 2.19. The lowest BCUT2D eigenvalue weighted by Crippen LogP contribution is -2.35. The molecule has 0 saturated carbocycles. The summed E-state index contributed by atoms with van der Waals surface area (Å²) < 4.78 is 6.83. The first-order valence-electron chi connectivity index (χ1n) is 9.49. The van der Waals surface area contributed by atoms with Crippen LogP contribution in [0.4, 0.5) is 0 Å². The minimum absolute atomic E-state index is 0.0318. The van der Waals surface area contributed by atoms with Gasteiger partial charge in [0.1, 0.15) is 5.82 Å². The highest BCUT2D eigenvalue weighted by atomic mass is 16.5. The van der Waals surface area contributed by atoms with Crippen LogP contribution < -0.4 is 10.9 Å². The number of hydrogen-bond donors (Lipinski definition) is 1. The minimum Gasteiger partial charge on any atom is -0.452 e. The van der Waals surface area contributed by atoms with E-state index in [1.807, 2.05) is 13.8 Å². The molecule has 0 fully saturated rings. The Labute approximate surface area is 157 Å². The zero-order valence-electron chi connectivity index (χ0n) is 15.8. The molecule has 1 aliphatic heterocycles. The number of hydrogen-bond acceptors (Lipinski definition) is 5. The van der Waals surface area contributed by atoms with Crippen molar-refractivity contribution in [1.82, 2.24) is 14.9 Å². The number of nitrogens with zero attached hydrogens (tertiary/aromatic N) is 2. The van der Waals surface area contributed by atoms with E-state index in [-0.39, 0.29) is 29.7 Å². The van der Waals surface area contributed by atoms with Crippen molar-refractivity contribution in [2.75, 3.05) is 6.61 Å². The van der Waals surface area contributed by atoms with Gasteiger partial charge in [-0.2, -0.15) is 0 Å². The van der Waals surface area contributed by atoms with E-state index < -0.39 is 5.97 Å². The first-order valence-corrected chi connectivity index (χ1v) is 9.49. The first kappa shape index (κ1) is 19.1. The van der Waals surface area contributed by atoms with Crippen LogP contribution in [0.3, 0.4) is 0 Å². The smallest absolute Gasteiger partial charge is 0.338 e. The average Bonchev–Trinajstić information content (AvgIpc) is 2.91. The van der Waals surface area contributed by atoms with Crippen LogP contribution in [-0.4, -0.2) is 34.1 Å². The minimum atomic E-state index is -0.604. The van der Waals surface area contributed by atoms with Crippen LogP contribution in [0, 0.1) is 0 Å². The van der Waals surface area contributed by atoms with Crippen molar-refractivity contribution in [2.24, 2.45) is 0 Å². The number of nitrogens with one attached hydrogen (secondary N) is 1. The van der Waals surface area contributed by atoms with Crippen LogP contribution >= 0.6 is 0 Å². The molecular weight excluding hydrogens is 346 g/mol. The number of fused-ring (bicyclic) bond motifs is 2. The largest absolute Gasteiger partial charge is 0.452 e. The number of amides is 1. The SMILES string of the molecule is CC[C@@H](C)NC(=O)COC(=O)c1ccc2c(=O)n3c(nc2c1)CCCCC3. The second kappa shape index (κ2) is 8.33. The van der Waals surface area contributed by atoms with Gasteiger partial charge in [-0.25, -0.2) is 9.78 Å². The molecule has 2 aromatic rings. The standard InChI is InChI=1S/C20H25N3O4/c1-3-13(2)21-18(24)12-27-20(26)14-8-9-15-16(11-14)22-17-7-5-4-6-10-23(17)19(15)25/h8-9,11,13H,3-7,10,12H2,1-2H3,(H,21,24)/t13-/m1/s1. The number of aryl methyl sites for hydroxylation is 1. The van der Waals surface area contributed by atoms with Gasteiger partial charge in [0.15, 0.2) is 6.61 Å². The maximum absolute atomic E-state index is 12.7. The van der Waals surface area contributed by atoms with Crippen molar-refractivity contribution in [3.05, 3.63) is 39.9 Å². The fraction of sp³-hybridized carbons (Fsp3) is 0.500. The molecule has 0 unspecified atom stereocenters. The van der Waals surface area contributed by atoms with Crippen molar-refractivity contribution in [3.63, 3.8) is 0 Å². The summed E-state index contributed by atoms with van der Waals surface area (Å²) in [5, 5.41) is 3.23. The Kier molecular flexibility index (Phi) is 5.88. The third-order valence-corrected chi connectivity index (χ3v) is 4.91. The van der Waals surface area contributed by atoms with E-state index in [4.69, 9.17) is 4.74 Å². The van der Waals surface area contributed by atoms with E-state index in [1.165, 1.54) is 0 Å². The third-order valence-electron chi connectivity index (χ3n) is 4.91. The molecule has 144 valence electrons. The Bertz CT molecular complexity index is 919. The monoisotopic (exact) mass is 371 g/mol. The Morgan fingerprint density at radius 1 is 1.30 bits per heavy atom. The highest BCUT2D eigenvalue weighted by molar-refractivity contribution is 5.95. The molecule has 1 aliphatic rings. The molecular formula is C20H25N3O4. The summed E-state index contributed by atoms with van der Waals surface area (Å²) in [5.74, 6) is -0.170. The molecule has 27 heavy (non-hydrogen) atoms. The first-order chi connectivity index (χ1) is 13.0. The van der Waals surface area contributed by atoms with Crippen LogP contribution in [0.25, 0.3) is 10.9 Å². The summed E-state index contributed by atoms with van der Waals surface area (Å²) in [6.45, 7) is 4.20. The van der Waals surface area contributed by atoms with Gasteiger partial charge in [0, 0.05) is 19.0 Å². The summed E-state index contributed by atoms with van der Waals surface area (Å²) in [7, 11) is 0. The van der Waals surface area contributed by atoms with Gasteiger partial charge in [-0.3, -0.25) is 14.2 Å². The van der Waals surface area contributed by atoms with E-state index in [0.717, 1.165) is 37.9 Å². The zero-order valence-corrected chi connectivity index (χ0v) is 15.8. The number of rotatable bonds is 5. The Morgan fingerprint density at radius 2 is 2.11 bits per heavy atom. The predicted molar refractivity (Wildman–Crippen MR) is 102 cm³/mol. The van der Waals surface area contributed by atoms with Gasteiger partial charge < -0.3 is 10.1 Å². The lowest BCUT2D eigenvalue weighted by atomic mass is 10.1. The van der Waals surface area contributed by atoms with E-state index >= 15 is 0 Å². The van der Waals surface area contributed by atoms with E-state index in [2.05, 4.69) is 10.3 Å². The van der Waals surface area contributed by atoms with Gasteiger partial charge >= 0.3 is 5.97 Å². The molecule has 7 nitrogen and oxygen atoms in total. The Morgan fingerprint density at radius 3 is 2.89 bits per heavy atom. The van der Waals surface area contributed by atoms with Gasteiger partial charge in [0.25, 0.3) is 11.5 Å². The summed E-state index contributed by atoms with van der Waals surface area (Å²) in [6.07, 6.45) is 4.62. The second-order valence-corrected chi connectivity index (χ2v) is 6.98. The Balaban J connectivity index is 1.79.